The van der Waals surface area contributed by atoms with Crippen molar-refractivity contribution in [2.45, 2.75) is 52.0 Å². The number of nitrogens with two attached hydrogens (primary N) is 1. The first-order valence-corrected chi connectivity index (χ1v) is 13.4. The second-order valence-electron chi connectivity index (χ2n) is 10.6. The van der Waals surface area contributed by atoms with Gasteiger partial charge in [-0.1, -0.05) is 19.1 Å². The van der Waals surface area contributed by atoms with E-state index in [0.29, 0.717) is 29.5 Å². The number of hydrogen-bond acceptors (Lipinski definition) is 6. The molecule has 7 nitrogen and oxygen atoms in total. The average molecular weight is 511 g/mol. The number of aromatic nitrogens is 1. The number of piperidine rings is 1. The van der Waals surface area contributed by atoms with Crippen LogP contribution in [-0.4, -0.2) is 71.8 Å². The fraction of sp³-hybridized carbons (Fsp3) is 0.552. The maximum absolute atomic E-state index is 14.8. The lowest BCUT2D eigenvalue weighted by molar-refractivity contribution is -0.131. The summed E-state index contributed by atoms with van der Waals surface area (Å²) in [6.45, 7) is 8.53. The van der Waals surface area contributed by atoms with Crippen LogP contribution in [0.15, 0.2) is 36.5 Å². The van der Waals surface area contributed by atoms with E-state index in [1.54, 1.807) is 24.1 Å². The summed E-state index contributed by atoms with van der Waals surface area (Å²) in [5.74, 6) is 0.880. The highest BCUT2D eigenvalue weighted by Gasteiger charge is 2.25. The van der Waals surface area contributed by atoms with Crippen molar-refractivity contribution < 1.29 is 18.7 Å². The SMILES string of the molecule is CC(=O)[C@@H](C)CN1CCC(COc2ccc(-c3ccc(CC(N)C(=O)N4CCCC4)c(F)c3)cn2)CC1. The smallest absolute Gasteiger partial charge is 0.239 e. The van der Waals surface area contributed by atoms with Gasteiger partial charge in [-0.05, 0) is 81.3 Å². The predicted octanol–water partition coefficient (Wildman–Crippen LogP) is 3.70. The van der Waals surface area contributed by atoms with Crippen molar-refractivity contribution in [2.24, 2.45) is 17.6 Å². The van der Waals surface area contributed by atoms with Gasteiger partial charge in [0.05, 0.1) is 12.6 Å². The number of hydrogen-bond donors (Lipinski definition) is 1. The van der Waals surface area contributed by atoms with Crippen LogP contribution in [0.5, 0.6) is 5.88 Å². The molecule has 2 aliphatic heterocycles. The van der Waals surface area contributed by atoms with E-state index in [-0.39, 0.29) is 29.8 Å². The molecule has 1 aromatic heterocycles. The highest BCUT2D eigenvalue weighted by Crippen LogP contribution is 2.25. The zero-order valence-corrected chi connectivity index (χ0v) is 22.0. The Morgan fingerprint density at radius 1 is 1.11 bits per heavy atom. The van der Waals surface area contributed by atoms with Gasteiger partial charge < -0.3 is 20.3 Å². The van der Waals surface area contributed by atoms with E-state index < -0.39 is 6.04 Å². The number of carbonyl (C=O) groups excluding carboxylic acids is 2. The van der Waals surface area contributed by atoms with Crippen molar-refractivity contribution >= 4 is 11.7 Å². The van der Waals surface area contributed by atoms with Crippen molar-refractivity contribution in [1.82, 2.24) is 14.8 Å². The Morgan fingerprint density at radius 2 is 1.81 bits per heavy atom. The fourth-order valence-corrected chi connectivity index (χ4v) is 5.08. The second-order valence-corrected chi connectivity index (χ2v) is 10.6. The maximum Gasteiger partial charge on any atom is 0.239 e. The van der Waals surface area contributed by atoms with Gasteiger partial charge in [0.25, 0.3) is 0 Å². The Labute approximate surface area is 219 Å². The molecule has 0 bridgehead atoms. The summed E-state index contributed by atoms with van der Waals surface area (Å²) in [5, 5.41) is 0. The zero-order chi connectivity index (χ0) is 26.4. The third kappa shape index (κ3) is 7.36. The lowest BCUT2D eigenvalue weighted by atomic mass is 9.96. The Kier molecular flexibility index (Phi) is 9.27. The summed E-state index contributed by atoms with van der Waals surface area (Å²) in [6, 6.07) is 7.98. The lowest BCUT2D eigenvalue weighted by Crippen LogP contribution is -2.43. The maximum atomic E-state index is 14.8. The largest absolute Gasteiger partial charge is 0.477 e. The van der Waals surface area contributed by atoms with Crippen LogP contribution in [0, 0.1) is 17.7 Å². The minimum atomic E-state index is -0.729. The van der Waals surface area contributed by atoms with E-state index in [4.69, 9.17) is 10.5 Å². The van der Waals surface area contributed by atoms with Gasteiger partial charge in [-0.2, -0.15) is 0 Å². The summed E-state index contributed by atoms with van der Waals surface area (Å²) in [4.78, 5) is 32.5. The molecule has 1 unspecified atom stereocenters. The summed E-state index contributed by atoms with van der Waals surface area (Å²) in [7, 11) is 0. The summed E-state index contributed by atoms with van der Waals surface area (Å²) in [6.07, 6.45) is 5.96. The first kappa shape index (κ1) is 27.2. The number of benzene rings is 1. The molecule has 1 aromatic carbocycles. The number of Topliss-reactive ketones (excluding diaryl/α,β-unsaturated/α-hetero) is 1. The van der Waals surface area contributed by atoms with Crippen LogP contribution in [0.25, 0.3) is 11.1 Å². The number of ketones is 1. The van der Waals surface area contributed by atoms with Crippen molar-refractivity contribution in [3.05, 3.63) is 47.9 Å². The van der Waals surface area contributed by atoms with Gasteiger partial charge in [0, 0.05) is 43.4 Å². The summed E-state index contributed by atoms with van der Waals surface area (Å²) >= 11 is 0. The Hall–Kier alpha value is -2.84. The molecular weight excluding hydrogens is 471 g/mol. The molecule has 0 saturated carbocycles. The molecule has 2 saturated heterocycles. The normalized spacial score (nSPS) is 18.5. The molecule has 2 fully saturated rings. The van der Waals surface area contributed by atoms with Crippen molar-refractivity contribution in [1.29, 1.82) is 0 Å². The van der Waals surface area contributed by atoms with Crippen LogP contribution in [-0.2, 0) is 16.0 Å². The van der Waals surface area contributed by atoms with Crippen molar-refractivity contribution in [3.63, 3.8) is 0 Å². The fourth-order valence-electron chi connectivity index (χ4n) is 5.08. The first-order valence-electron chi connectivity index (χ1n) is 13.4. The summed E-state index contributed by atoms with van der Waals surface area (Å²) < 4.78 is 20.8. The number of halogens is 1. The van der Waals surface area contributed by atoms with Gasteiger partial charge >= 0.3 is 0 Å². The van der Waals surface area contributed by atoms with Crippen molar-refractivity contribution in [3.8, 4) is 17.0 Å². The van der Waals surface area contributed by atoms with E-state index in [9.17, 15) is 14.0 Å². The number of carbonyl (C=O) groups is 2. The minimum Gasteiger partial charge on any atom is -0.477 e. The molecule has 2 aromatic rings. The third-order valence-electron chi connectivity index (χ3n) is 7.70. The van der Waals surface area contributed by atoms with Crippen LogP contribution >= 0.6 is 0 Å². The number of amides is 1. The van der Waals surface area contributed by atoms with Crippen LogP contribution in [0.3, 0.4) is 0 Å². The Morgan fingerprint density at radius 3 is 2.43 bits per heavy atom. The van der Waals surface area contributed by atoms with E-state index >= 15 is 0 Å². The molecule has 1 amide bonds. The highest BCUT2D eigenvalue weighted by atomic mass is 19.1. The highest BCUT2D eigenvalue weighted by molar-refractivity contribution is 5.82. The number of rotatable bonds is 10. The number of ether oxygens (including phenoxy) is 1. The monoisotopic (exact) mass is 510 g/mol. The number of likely N-dealkylation sites (tertiary alicyclic amines) is 2. The second kappa shape index (κ2) is 12.6. The minimum absolute atomic E-state index is 0.0850. The van der Waals surface area contributed by atoms with Crippen LogP contribution in [0.1, 0.15) is 45.1 Å². The van der Waals surface area contributed by atoms with E-state index in [1.807, 2.05) is 25.1 Å². The van der Waals surface area contributed by atoms with Crippen molar-refractivity contribution in [2.75, 3.05) is 39.3 Å². The number of pyridine rings is 1. The molecule has 2 N–H and O–H groups in total. The summed E-state index contributed by atoms with van der Waals surface area (Å²) in [5.41, 5.74) is 8.04. The molecule has 0 spiro atoms. The molecule has 4 rings (SSSR count). The predicted molar refractivity (Wildman–Crippen MR) is 142 cm³/mol. The molecule has 200 valence electrons. The van der Waals surface area contributed by atoms with E-state index in [0.717, 1.165) is 64.0 Å². The molecule has 3 heterocycles. The third-order valence-corrected chi connectivity index (χ3v) is 7.70. The average Bonchev–Trinajstić information content (AvgIpc) is 3.44. The van der Waals surface area contributed by atoms with Gasteiger partial charge in [0.1, 0.15) is 11.6 Å². The molecule has 8 heteroatoms. The Bertz CT molecular complexity index is 1060. The van der Waals surface area contributed by atoms with Gasteiger partial charge in [-0.25, -0.2) is 9.37 Å². The topological polar surface area (TPSA) is 88.8 Å². The van der Waals surface area contributed by atoms with Crippen LogP contribution in [0.2, 0.25) is 0 Å². The Balaban J connectivity index is 1.25. The molecular formula is C29H39FN4O3. The molecule has 37 heavy (non-hydrogen) atoms. The molecule has 0 aliphatic carbocycles. The molecule has 2 atom stereocenters. The van der Waals surface area contributed by atoms with Gasteiger partial charge in [0.15, 0.2) is 0 Å². The zero-order valence-electron chi connectivity index (χ0n) is 22.0. The standard InChI is InChI=1S/C29H39FN4O3/c1-20(21(2)35)18-33-13-9-22(10-14-33)19-37-28-8-7-25(17-32-28)23-5-6-24(26(30)15-23)16-27(31)29(36)34-11-3-4-12-34/h5-8,15,17,20,22,27H,3-4,9-14,16,18-19,31H2,1-2H3/t20-,27?/m0/s1. The van der Waals surface area contributed by atoms with Gasteiger partial charge in [-0.15, -0.1) is 0 Å². The van der Waals surface area contributed by atoms with E-state index in [2.05, 4.69) is 9.88 Å². The molecule has 0 radical (unpaired) electrons. The molecule has 2 aliphatic rings. The first-order chi connectivity index (χ1) is 17.8. The quantitative estimate of drug-likeness (QED) is 0.524. The van der Waals surface area contributed by atoms with E-state index in [1.165, 1.54) is 6.07 Å². The number of nitrogens with zero attached hydrogens (tertiary/aromatic N) is 3. The lowest BCUT2D eigenvalue weighted by Gasteiger charge is -2.32. The van der Waals surface area contributed by atoms with Crippen LogP contribution < -0.4 is 10.5 Å². The van der Waals surface area contributed by atoms with Gasteiger partial charge in [-0.3, -0.25) is 9.59 Å². The van der Waals surface area contributed by atoms with Crippen LogP contribution in [0.4, 0.5) is 4.39 Å². The van der Waals surface area contributed by atoms with Gasteiger partial charge in [0.2, 0.25) is 11.8 Å².